The monoisotopic (exact) mass is 262 g/mol. The summed E-state index contributed by atoms with van der Waals surface area (Å²) in [4.78, 5) is 14.2. The van der Waals surface area contributed by atoms with E-state index >= 15 is 0 Å². The van der Waals surface area contributed by atoms with E-state index < -0.39 is 6.04 Å². The van der Waals surface area contributed by atoms with Gasteiger partial charge in [-0.3, -0.25) is 4.79 Å². The third kappa shape index (κ3) is 3.55. The van der Waals surface area contributed by atoms with Crippen molar-refractivity contribution in [3.8, 4) is 0 Å². The van der Waals surface area contributed by atoms with E-state index in [9.17, 15) is 4.79 Å². The summed E-state index contributed by atoms with van der Waals surface area (Å²) in [6.45, 7) is 1.69. The van der Waals surface area contributed by atoms with Gasteiger partial charge in [0.25, 0.3) is 0 Å². The molecule has 4 nitrogen and oxygen atoms in total. The van der Waals surface area contributed by atoms with Crippen LogP contribution in [0.15, 0.2) is 30.3 Å². The number of carbonyl (C=O) groups is 1. The molecule has 1 aliphatic heterocycles. The molecule has 1 fully saturated rings. The minimum absolute atomic E-state index is 0.00570. The van der Waals surface area contributed by atoms with Crippen molar-refractivity contribution in [1.29, 1.82) is 0 Å². The fraction of sp³-hybridized carbons (Fsp3) is 0.533. The van der Waals surface area contributed by atoms with E-state index in [4.69, 9.17) is 10.8 Å². The van der Waals surface area contributed by atoms with Crippen LogP contribution in [0.3, 0.4) is 0 Å². The van der Waals surface area contributed by atoms with E-state index in [2.05, 4.69) is 0 Å². The van der Waals surface area contributed by atoms with Crippen molar-refractivity contribution in [2.24, 2.45) is 11.7 Å². The lowest BCUT2D eigenvalue weighted by Gasteiger charge is -2.34. The average Bonchev–Trinajstić information content (AvgIpc) is 2.47. The van der Waals surface area contributed by atoms with Gasteiger partial charge < -0.3 is 15.7 Å². The number of carbonyl (C=O) groups excluding carboxylic acids is 1. The third-order valence-electron chi connectivity index (χ3n) is 3.79. The van der Waals surface area contributed by atoms with Crippen LogP contribution in [-0.4, -0.2) is 35.6 Å². The lowest BCUT2D eigenvalue weighted by Crippen LogP contribution is -2.44. The van der Waals surface area contributed by atoms with E-state index in [0.717, 1.165) is 37.9 Å². The van der Waals surface area contributed by atoms with Gasteiger partial charge in [-0.1, -0.05) is 30.3 Å². The molecule has 1 unspecified atom stereocenters. The van der Waals surface area contributed by atoms with Crippen LogP contribution in [0.2, 0.25) is 0 Å². The normalized spacial score (nSPS) is 21.2. The molecule has 4 heteroatoms. The van der Waals surface area contributed by atoms with Crippen LogP contribution in [0.5, 0.6) is 0 Å². The summed E-state index contributed by atoms with van der Waals surface area (Å²) in [6.07, 6.45) is 2.85. The molecule has 2 atom stereocenters. The minimum Gasteiger partial charge on any atom is -0.396 e. The van der Waals surface area contributed by atoms with Gasteiger partial charge in [0.15, 0.2) is 0 Å². The molecule has 1 heterocycles. The number of amides is 1. The number of aliphatic hydroxyl groups is 1. The number of piperidine rings is 1. The van der Waals surface area contributed by atoms with Crippen LogP contribution in [-0.2, 0) is 4.79 Å². The van der Waals surface area contributed by atoms with Crippen molar-refractivity contribution in [1.82, 2.24) is 4.90 Å². The first kappa shape index (κ1) is 14.0. The zero-order valence-electron chi connectivity index (χ0n) is 11.2. The van der Waals surface area contributed by atoms with Gasteiger partial charge >= 0.3 is 0 Å². The Bertz CT molecular complexity index is 406. The highest BCUT2D eigenvalue weighted by atomic mass is 16.3. The molecule has 0 aromatic heterocycles. The summed E-state index contributed by atoms with van der Waals surface area (Å²) < 4.78 is 0. The highest BCUT2D eigenvalue weighted by molar-refractivity contribution is 5.83. The van der Waals surface area contributed by atoms with Gasteiger partial charge in [-0.2, -0.15) is 0 Å². The maximum Gasteiger partial charge on any atom is 0.244 e. The van der Waals surface area contributed by atoms with Gasteiger partial charge in [0.2, 0.25) is 5.91 Å². The average molecular weight is 262 g/mol. The first-order chi connectivity index (χ1) is 9.22. The molecule has 1 saturated heterocycles. The van der Waals surface area contributed by atoms with Crippen LogP contribution in [0.4, 0.5) is 0 Å². The van der Waals surface area contributed by atoms with Gasteiger partial charge in [-0.05, 0) is 30.7 Å². The number of benzene rings is 1. The van der Waals surface area contributed by atoms with Crippen molar-refractivity contribution in [3.05, 3.63) is 35.9 Å². The zero-order valence-corrected chi connectivity index (χ0v) is 11.2. The van der Waals surface area contributed by atoms with Crippen LogP contribution < -0.4 is 5.73 Å². The Labute approximate surface area is 114 Å². The van der Waals surface area contributed by atoms with Crippen molar-refractivity contribution in [3.63, 3.8) is 0 Å². The number of aliphatic hydroxyl groups excluding tert-OH is 1. The summed E-state index contributed by atoms with van der Waals surface area (Å²) in [5.41, 5.74) is 6.91. The lowest BCUT2D eigenvalue weighted by molar-refractivity contribution is -0.134. The van der Waals surface area contributed by atoms with E-state index in [0.29, 0.717) is 5.92 Å². The highest BCUT2D eigenvalue weighted by Crippen LogP contribution is 2.22. The van der Waals surface area contributed by atoms with E-state index in [1.165, 1.54) is 0 Å². The van der Waals surface area contributed by atoms with E-state index in [-0.39, 0.29) is 12.5 Å². The van der Waals surface area contributed by atoms with Gasteiger partial charge in [-0.25, -0.2) is 0 Å². The van der Waals surface area contributed by atoms with Gasteiger partial charge in [0, 0.05) is 19.7 Å². The Balaban J connectivity index is 1.99. The standard InChI is InChI=1S/C15H22N2O2/c16-14(13-6-2-1-3-7-13)15(19)17-9-4-5-12(11-17)8-10-18/h1-3,6-7,12,14,18H,4-5,8-11,16H2/t12?,14-/m1/s1. The fourth-order valence-corrected chi connectivity index (χ4v) is 2.68. The number of hydrogen-bond acceptors (Lipinski definition) is 3. The molecule has 0 radical (unpaired) electrons. The number of rotatable bonds is 4. The van der Waals surface area contributed by atoms with Crippen LogP contribution >= 0.6 is 0 Å². The molecule has 0 spiro atoms. The van der Waals surface area contributed by atoms with Crippen molar-refractivity contribution < 1.29 is 9.90 Å². The van der Waals surface area contributed by atoms with Crippen molar-refractivity contribution in [2.45, 2.75) is 25.3 Å². The second kappa shape index (κ2) is 6.68. The molecule has 2 rings (SSSR count). The number of nitrogens with zero attached hydrogens (tertiary/aromatic N) is 1. The zero-order chi connectivity index (χ0) is 13.7. The van der Waals surface area contributed by atoms with E-state index in [1.54, 1.807) is 0 Å². The first-order valence-electron chi connectivity index (χ1n) is 6.92. The molecule has 0 bridgehead atoms. The molecule has 1 aliphatic rings. The summed E-state index contributed by atoms with van der Waals surface area (Å²) in [5, 5.41) is 9.00. The SMILES string of the molecule is N[C@@H](C(=O)N1CCCC(CCO)C1)c1ccccc1. The first-order valence-corrected chi connectivity index (χ1v) is 6.92. The molecule has 19 heavy (non-hydrogen) atoms. The summed E-state index contributed by atoms with van der Waals surface area (Å²) >= 11 is 0. The highest BCUT2D eigenvalue weighted by Gasteiger charge is 2.27. The Hall–Kier alpha value is -1.39. The number of hydrogen-bond donors (Lipinski definition) is 2. The molecule has 0 saturated carbocycles. The Morgan fingerprint density at radius 1 is 1.42 bits per heavy atom. The molecule has 1 amide bonds. The smallest absolute Gasteiger partial charge is 0.244 e. The fourth-order valence-electron chi connectivity index (χ4n) is 2.68. The second-order valence-electron chi connectivity index (χ2n) is 5.19. The quantitative estimate of drug-likeness (QED) is 0.859. The largest absolute Gasteiger partial charge is 0.396 e. The van der Waals surface area contributed by atoms with Crippen molar-refractivity contribution >= 4 is 5.91 Å². The predicted molar refractivity (Wildman–Crippen MR) is 74.4 cm³/mol. The maximum absolute atomic E-state index is 12.4. The minimum atomic E-state index is -0.575. The predicted octanol–water partition coefficient (Wildman–Crippen LogP) is 1.31. The van der Waals surface area contributed by atoms with Crippen molar-refractivity contribution in [2.75, 3.05) is 19.7 Å². The third-order valence-corrected chi connectivity index (χ3v) is 3.79. The summed E-state index contributed by atoms with van der Waals surface area (Å²) in [7, 11) is 0. The van der Waals surface area contributed by atoms with Crippen LogP contribution in [0, 0.1) is 5.92 Å². The molecular weight excluding hydrogens is 240 g/mol. The van der Waals surface area contributed by atoms with Crippen LogP contribution in [0.1, 0.15) is 30.9 Å². The molecule has 104 valence electrons. The Kier molecular flexibility index (Phi) is 4.93. The maximum atomic E-state index is 12.4. The lowest BCUT2D eigenvalue weighted by atomic mass is 9.94. The molecule has 1 aromatic carbocycles. The Morgan fingerprint density at radius 2 is 2.16 bits per heavy atom. The van der Waals surface area contributed by atoms with E-state index in [1.807, 2.05) is 35.2 Å². The number of nitrogens with two attached hydrogens (primary N) is 1. The van der Waals surface area contributed by atoms with Gasteiger partial charge in [0.05, 0.1) is 0 Å². The van der Waals surface area contributed by atoms with Gasteiger partial charge in [-0.15, -0.1) is 0 Å². The summed E-state index contributed by atoms with van der Waals surface area (Å²) in [6, 6.07) is 8.91. The molecule has 1 aromatic rings. The second-order valence-corrected chi connectivity index (χ2v) is 5.19. The molecular formula is C15H22N2O2. The Morgan fingerprint density at radius 3 is 2.84 bits per heavy atom. The topological polar surface area (TPSA) is 66.6 Å². The summed E-state index contributed by atoms with van der Waals surface area (Å²) in [5.74, 6) is 0.402. The molecule has 3 N–H and O–H groups in total. The number of likely N-dealkylation sites (tertiary alicyclic amines) is 1. The molecule has 0 aliphatic carbocycles. The van der Waals surface area contributed by atoms with Crippen LogP contribution in [0.25, 0.3) is 0 Å². The van der Waals surface area contributed by atoms with Gasteiger partial charge in [0.1, 0.15) is 6.04 Å².